The van der Waals surface area contributed by atoms with Crippen molar-refractivity contribution in [3.63, 3.8) is 0 Å². The summed E-state index contributed by atoms with van der Waals surface area (Å²) in [5.41, 5.74) is 0. The Morgan fingerprint density at radius 1 is 1.43 bits per heavy atom. The predicted molar refractivity (Wildman–Crippen MR) is 59.3 cm³/mol. The van der Waals surface area contributed by atoms with E-state index in [0.717, 1.165) is 19.5 Å². The number of carbonyl (C=O) groups is 1. The molecule has 4 heteroatoms. The average Bonchev–Trinajstić information content (AvgIpc) is 2.11. The Hall–Kier alpha value is -0.610. The molecule has 0 rings (SSSR count). The minimum atomic E-state index is 0.130. The molecule has 0 aliphatic heterocycles. The molecule has 0 saturated carbocycles. The average molecular weight is 201 g/mol. The lowest BCUT2D eigenvalue weighted by Gasteiger charge is -2.16. The lowest BCUT2D eigenvalue weighted by Crippen LogP contribution is -2.35. The van der Waals surface area contributed by atoms with Crippen LogP contribution in [0.2, 0.25) is 0 Å². The zero-order valence-electron chi connectivity index (χ0n) is 9.76. The molecular weight excluding hydrogens is 178 g/mol. The smallest absolute Gasteiger partial charge is 0.221 e. The second kappa shape index (κ2) is 7.76. The summed E-state index contributed by atoms with van der Waals surface area (Å²) in [7, 11) is 5.92. The van der Waals surface area contributed by atoms with E-state index in [0.29, 0.717) is 6.42 Å². The molecule has 4 nitrogen and oxygen atoms in total. The Labute approximate surface area is 87.0 Å². The van der Waals surface area contributed by atoms with E-state index in [2.05, 4.69) is 15.5 Å². The van der Waals surface area contributed by atoms with Crippen LogP contribution in [-0.2, 0) is 4.79 Å². The van der Waals surface area contributed by atoms with Crippen LogP contribution in [0.4, 0.5) is 0 Å². The van der Waals surface area contributed by atoms with Crippen molar-refractivity contribution in [2.75, 3.05) is 34.2 Å². The van der Waals surface area contributed by atoms with Crippen molar-refractivity contribution >= 4 is 5.91 Å². The molecule has 2 N–H and O–H groups in total. The third-order valence-electron chi connectivity index (χ3n) is 2.02. The Balaban J connectivity index is 3.50. The molecule has 84 valence electrons. The fourth-order valence-electron chi connectivity index (χ4n) is 1.11. The van der Waals surface area contributed by atoms with E-state index in [9.17, 15) is 4.79 Å². The van der Waals surface area contributed by atoms with Crippen LogP contribution in [0.25, 0.3) is 0 Å². The topological polar surface area (TPSA) is 44.4 Å². The van der Waals surface area contributed by atoms with Crippen molar-refractivity contribution in [2.24, 2.45) is 0 Å². The highest BCUT2D eigenvalue weighted by atomic mass is 16.1. The summed E-state index contributed by atoms with van der Waals surface area (Å²) in [5.74, 6) is 0.130. The molecule has 0 radical (unpaired) electrons. The maximum atomic E-state index is 11.3. The third kappa shape index (κ3) is 8.01. The van der Waals surface area contributed by atoms with E-state index >= 15 is 0 Å². The summed E-state index contributed by atoms with van der Waals surface area (Å²) >= 11 is 0. The summed E-state index contributed by atoms with van der Waals surface area (Å²) in [5, 5.41) is 5.92. The quantitative estimate of drug-likeness (QED) is 0.612. The number of nitrogens with zero attached hydrogens (tertiary/aromatic N) is 1. The summed E-state index contributed by atoms with van der Waals surface area (Å²) in [6.07, 6.45) is 1.56. The van der Waals surface area contributed by atoms with Crippen molar-refractivity contribution in [3.05, 3.63) is 0 Å². The summed E-state index contributed by atoms with van der Waals surface area (Å²) in [4.78, 5) is 13.4. The molecule has 1 amide bonds. The van der Waals surface area contributed by atoms with Crippen molar-refractivity contribution < 1.29 is 4.79 Å². The van der Waals surface area contributed by atoms with Gasteiger partial charge in [0.15, 0.2) is 0 Å². The van der Waals surface area contributed by atoms with E-state index in [1.807, 2.05) is 28.1 Å². The van der Waals surface area contributed by atoms with Crippen LogP contribution in [0.1, 0.15) is 19.8 Å². The van der Waals surface area contributed by atoms with Crippen LogP contribution in [0.15, 0.2) is 0 Å². The van der Waals surface area contributed by atoms with Gasteiger partial charge >= 0.3 is 0 Å². The number of hydrogen-bond donors (Lipinski definition) is 2. The van der Waals surface area contributed by atoms with Crippen molar-refractivity contribution in [1.82, 2.24) is 15.5 Å². The van der Waals surface area contributed by atoms with Gasteiger partial charge in [0.25, 0.3) is 0 Å². The van der Waals surface area contributed by atoms with E-state index in [-0.39, 0.29) is 11.9 Å². The number of amides is 1. The van der Waals surface area contributed by atoms with Gasteiger partial charge in [0.05, 0.1) is 0 Å². The van der Waals surface area contributed by atoms with Gasteiger partial charge in [-0.1, -0.05) is 0 Å². The third-order valence-corrected chi connectivity index (χ3v) is 2.02. The predicted octanol–water partition coefficient (Wildman–Crippen LogP) is 0.0523. The molecule has 0 fully saturated rings. The first kappa shape index (κ1) is 13.4. The molecule has 14 heavy (non-hydrogen) atoms. The maximum absolute atomic E-state index is 11.3. The Bertz CT molecular complexity index is 159. The first-order valence-electron chi connectivity index (χ1n) is 5.15. The summed E-state index contributed by atoms with van der Waals surface area (Å²) < 4.78 is 0. The summed E-state index contributed by atoms with van der Waals surface area (Å²) in [6, 6.07) is 0.266. The minimum absolute atomic E-state index is 0.130. The Morgan fingerprint density at radius 3 is 2.57 bits per heavy atom. The fourth-order valence-corrected chi connectivity index (χ4v) is 1.11. The largest absolute Gasteiger partial charge is 0.354 e. The highest BCUT2D eigenvalue weighted by Gasteiger charge is 2.06. The second-order valence-electron chi connectivity index (χ2n) is 3.91. The molecule has 0 heterocycles. The zero-order chi connectivity index (χ0) is 11.0. The molecule has 0 aliphatic carbocycles. The lowest BCUT2D eigenvalue weighted by atomic mass is 10.2. The van der Waals surface area contributed by atoms with Gasteiger partial charge in [-0.05, 0) is 41.0 Å². The van der Waals surface area contributed by atoms with Crippen LogP contribution in [0.5, 0.6) is 0 Å². The van der Waals surface area contributed by atoms with Crippen LogP contribution in [-0.4, -0.2) is 51.1 Å². The molecule has 0 aromatic rings. The van der Waals surface area contributed by atoms with Gasteiger partial charge in [-0.2, -0.15) is 0 Å². The number of carbonyl (C=O) groups excluding carboxylic acids is 1. The van der Waals surface area contributed by atoms with Gasteiger partial charge in [0.1, 0.15) is 0 Å². The number of rotatable bonds is 7. The molecule has 0 bridgehead atoms. The zero-order valence-corrected chi connectivity index (χ0v) is 9.76. The monoisotopic (exact) mass is 201 g/mol. The standard InChI is InChI=1S/C10H23N3O/c1-9(6-8-13(3)4)12-10(14)5-7-11-2/h9,11H,5-8H2,1-4H3,(H,12,14). The summed E-state index contributed by atoms with van der Waals surface area (Å²) in [6.45, 7) is 3.79. The maximum Gasteiger partial charge on any atom is 0.221 e. The van der Waals surface area contributed by atoms with Crippen LogP contribution in [0.3, 0.4) is 0 Å². The van der Waals surface area contributed by atoms with Crippen molar-refractivity contribution in [2.45, 2.75) is 25.8 Å². The molecule has 0 saturated heterocycles. The molecule has 0 aliphatic rings. The molecule has 0 spiro atoms. The number of hydrogen-bond acceptors (Lipinski definition) is 3. The fraction of sp³-hybridized carbons (Fsp3) is 0.900. The Kier molecular flexibility index (Phi) is 7.42. The van der Waals surface area contributed by atoms with Gasteiger partial charge in [-0.15, -0.1) is 0 Å². The Morgan fingerprint density at radius 2 is 2.07 bits per heavy atom. The second-order valence-corrected chi connectivity index (χ2v) is 3.91. The highest BCUT2D eigenvalue weighted by molar-refractivity contribution is 5.76. The van der Waals surface area contributed by atoms with Gasteiger partial charge < -0.3 is 15.5 Å². The van der Waals surface area contributed by atoms with E-state index in [1.54, 1.807) is 0 Å². The first-order valence-corrected chi connectivity index (χ1v) is 5.15. The molecule has 1 atom stereocenters. The lowest BCUT2D eigenvalue weighted by molar-refractivity contribution is -0.121. The van der Waals surface area contributed by atoms with Gasteiger partial charge in [0, 0.05) is 19.0 Å². The van der Waals surface area contributed by atoms with Crippen LogP contribution in [0, 0.1) is 0 Å². The van der Waals surface area contributed by atoms with Crippen molar-refractivity contribution in [3.8, 4) is 0 Å². The van der Waals surface area contributed by atoms with Gasteiger partial charge in [0.2, 0.25) is 5.91 Å². The minimum Gasteiger partial charge on any atom is -0.354 e. The normalized spacial score (nSPS) is 12.9. The SMILES string of the molecule is CNCCC(=O)NC(C)CCN(C)C. The molecular formula is C10H23N3O. The van der Waals surface area contributed by atoms with E-state index < -0.39 is 0 Å². The molecule has 0 aromatic carbocycles. The van der Waals surface area contributed by atoms with E-state index in [4.69, 9.17) is 0 Å². The molecule has 1 unspecified atom stereocenters. The van der Waals surface area contributed by atoms with Crippen LogP contribution >= 0.6 is 0 Å². The van der Waals surface area contributed by atoms with Gasteiger partial charge in [-0.25, -0.2) is 0 Å². The number of nitrogens with one attached hydrogen (secondary N) is 2. The molecule has 0 aromatic heterocycles. The highest BCUT2D eigenvalue weighted by Crippen LogP contribution is 1.92. The van der Waals surface area contributed by atoms with Gasteiger partial charge in [-0.3, -0.25) is 4.79 Å². The van der Waals surface area contributed by atoms with Crippen molar-refractivity contribution in [1.29, 1.82) is 0 Å². The first-order chi connectivity index (χ1) is 6.56. The van der Waals surface area contributed by atoms with E-state index in [1.165, 1.54) is 0 Å². The van der Waals surface area contributed by atoms with Crippen LogP contribution < -0.4 is 10.6 Å².